The highest BCUT2D eigenvalue weighted by Crippen LogP contribution is 2.24. The lowest BCUT2D eigenvalue weighted by molar-refractivity contribution is -0.117. The Labute approximate surface area is 153 Å². The molecule has 6 nitrogen and oxygen atoms in total. The van der Waals surface area contributed by atoms with Crippen molar-refractivity contribution >= 4 is 27.3 Å². The number of ether oxygens (including phenoxy) is 1. The molecule has 0 bridgehead atoms. The fraction of sp³-hybridized carbons (Fsp3) is 0.211. The van der Waals surface area contributed by atoms with Gasteiger partial charge in [0.2, 0.25) is 5.91 Å². The van der Waals surface area contributed by atoms with Gasteiger partial charge in [0.25, 0.3) is 10.0 Å². The highest BCUT2D eigenvalue weighted by atomic mass is 32.2. The summed E-state index contributed by atoms with van der Waals surface area (Å²) in [4.78, 5) is 13.6. The van der Waals surface area contributed by atoms with Crippen LogP contribution in [0.5, 0.6) is 5.75 Å². The normalized spacial score (nSPS) is 14.3. The van der Waals surface area contributed by atoms with Crippen molar-refractivity contribution < 1.29 is 17.9 Å². The molecule has 0 unspecified atom stereocenters. The van der Waals surface area contributed by atoms with Gasteiger partial charge in [-0.3, -0.25) is 9.52 Å². The maximum atomic E-state index is 12.5. The van der Waals surface area contributed by atoms with Gasteiger partial charge in [-0.25, -0.2) is 8.42 Å². The third-order valence-electron chi connectivity index (χ3n) is 4.01. The van der Waals surface area contributed by atoms with Crippen molar-refractivity contribution in [1.82, 2.24) is 0 Å². The van der Waals surface area contributed by atoms with Crippen LogP contribution >= 0.6 is 0 Å². The molecule has 0 radical (unpaired) electrons. The van der Waals surface area contributed by atoms with E-state index in [4.69, 9.17) is 4.74 Å². The first kappa shape index (κ1) is 18.0. The maximum absolute atomic E-state index is 12.5. The summed E-state index contributed by atoms with van der Waals surface area (Å²) < 4.78 is 32.9. The number of carbonyl (C=O) groups excluding carboxylic acids is 1. The van der Waals surface area contributed by atoms with Crippen molar-refractivity contribution in [3.8, 4) is 5.75 Å². The number of hydrogen-bond donors (Lipinski definition) is 1. The fourth-order valence-electron chi connectivity index (χ4n) is 2.71. The number of carbonyl (C=O) groups is 1. The third kappa shape index (κ3) is 4.05. The highest BCUT2D eigenvalue weighted by molar-refractivity contribution is 7.92. The molecule has 136 valence electrons. The van der Waals surface area contributed by atoms with E-state index >= 15 is 0 Å². The Morgan fingerprint density at radius 1 is 1.12 bits per heavy atom. The van der Waals surface area contributed by atoms with Crippen LogP contribution in [-0.4, -0.2) is 27.5 Å². The standard InChI is InChI=1S/C19H20N2O4S/c1-2-14-25-17-9-5-15(6-10-17)20-26(23,24)18-11-7-16(8-12-18)21-13-3-4-19(21)22/h2,5-12,20H,1,3-4,13-14H2. The van der Waals surface area contributed by atoms with Gasteiger partial charge in [-0.1, -0.05) is 12.7 Å². The summed E-state index contributed by atoms with van der Waals surface area (Å²) in [6.07, 6.45) is 3.00. The van der Waals surface area contributed by atoms with E-state index in [1.807, 2.05) is 0 Å². The molecule has 0 aliphatic carbocycles. The molecule has 3 rings (SSSR count). The average Bonchev–Trinajstić information content (AvgIpc) is 3.07. The van der Waals surface area contributed by atoms with Crippen LogP contribution in [0.4, 0.5) is 11.4 Å². The summed E-state index contributed by atoms with van der Waals surface area (Å²) in [7, 11) is -3.71. The number of benzene rings is 2. The monoisotopic (exact) mass is 372 g/mol. The second-order valence-corrected chi connectivity index (χ2v) is 7.55. The Balaban J connectivity index is 1.71. The predicted octanol–water partition coefficient (Wildman–Crippen LogP) is 3.18. The SMILES string of the molecule is C=CCOc1ccc(NS(=O)(=O)c2ccc(N3CCCC3=O)cc2)cc1. The summed E-state index contributed by atoms with van der Waals surface area (Å²) in [6.45, 7) is 4.63. The number of anilines is 2. The zero-order chi connectivity index (χ0) is 18.6. The third-order valence-corrected chi connectivity index (χ3v) is 5.40. The second-order valence-electron chi connectivity index (χ2n) is 5.87. The summed E-state index contributed by atoms with van der Waals surface area (Å²) >= 11 is 0. The van der Waals surface area contributed by atoms with Crippen LogP contribution in [-0.2, 0) is 14.8 Å². The Hall–Kier alpha value is -2.80. The molecule has 0 saturated carbocycles. The van der Waals surface area contributed by atoms with Crippen LogP contribution in [0.2, 0.25) is 0 Å². The van der Waals surface area contributed by atoms with Crippen molar-refractivity contribution in [2.75, 3.05) is 22.8 Å². The van der Waals surface area contributed by atoms with Crippen LogP contribution in [0.15, 0.2) is 66.1 Å². The van der Waals surface area contributed by atoms with Gasteiger partial charge < -0.3 is 9.64 Å². The van der Waals surface area contributed by atoms with Gasteiger partial charge in [0, 0.05) is 24.3 Å². The minimum Gasteiger partial charge on any atom is -0.490 e. The predicted molar refractivity (Wildman–Crippen MR) is 101 cm³/mol. The van der Waals surface area contributed by atoms with Crippen molar-refractivity contribution in [2.24, 2.45) is 0 Å². The van der Waals surface area contributed by atoms with E-state index in [2.05, 4.69) is 11.3 Å². The van der Waals surface area contributed by atoms with E-state index in [0.717, 1.165) is 12.1 Å². The molecule has 1 saturated heterocycles. The molecule has 1 aliphatic rings. The fourth-order valence-corrected chi connectivity index (χ4v) is 3.77. The van der Waals surface area contributed by atoms with E-state index in [1.165, 1.54) is 12.1 Å². The first-order valence-electron chi connectivity index (χ1n) is 8.26. The lowest BCUT2D eigenvalue weighted by atomic mass is 10.3. The van der Waals surface area contributed by atoms with Crippen LogP contribution < -0.4 is 14.4 Å². The lowest BCUT2D eigenvalue weighted by Gasteiger charge is -2.16. The molecule has 1 N–H and O–H groups in total. The first-order chi connectivity index (χ1) is 12.5. The van der Waals surface area contributed by atoms with Gasteiger partial charge in [0.1, 0.15) is 12.4 Å². The molecule has 1 heterocycles. The molecule has 1 fully saturated rings. The molecular weight excluding hydrogens is 352 g/mol. The minimum absolute atomic E-state index is 0.0671. The van der Waals surface area contributed by atoms with Crippen molar-refractivity contribution in [1.29, 1.82) is 0 Å². The molecule has 0 atom stereocenters. The Bertz CT molecular complexity index is 890. The molecule has 0 aromatic heterocycles. The number of rotatable bonds is 7. The lowest BCUT2D eigenvalue weighted by Crippen LogP contribution is -2.23. The van der Waals surface area contributed by atoms with Crippen LogP contribution in [0.1, 0.15) is 12.8 Å². The van der Waals surface area contributed by atoms with Gasteiger partial charge in [-0.2, -0.15) is 0 Å². The molecule has 2 aromatic rings. The van der Waals surface area contributed by atoms with Gasteiger partial charge >= 0.3 is 0 Å². The smallest absolute Gasteiger partial charge is 0.261 e. The molecule has 26 heavy (non-hydrogen) atoms. The van der Waals surface area contributed by atoms with E-state index in [1.54, 1.807) is 47.4 Å². The molecule has 1 aliphatic heterocycles. The van der Waals surface area contributed by atoms with Gasteiger partial charge in [-0.15, -0.1) is 0 Å². The van der Waals surface area contributed by atoms with Crippen LogP contribution in [0, 0.1) is 0 Å². The topological polar surface area (TPSA) is 75.7 Å². The Morgan fingerprint density at radius 3 is 2.38 bits per heavy atom. The summed E-state index contributed by atoms with van der Waals surface area (Å²) in [6, 6.07) is 13.0. The highest BCUT2D eigenvalue weighted by Gasteiger charge is 2.22. The first-order valence-corrected chi connectivity index (χ1v) is 9.75. The summed E-state index contributed by atoms with van der Waals surface area (Å²) in [5.74, 6) is 0.699. The largest absolute Gasteiger partial charge is 0.490 e. The van der Waals surface area contributed by atoms with E-state index in [-0.39, 0.29) is 10.8 Å². The minimum atomic E-state index is -3.71. The number of nitrogens with zero attached hydrogens (tertiary/aromatic N) is 1. The molecule has 7 heteroatoms. The number of sulfonamides is 1. The van der Waals surface area contributed by atoms with E-state index in [9.17, 15) is 13.2 Å². The number of nitrogens with one attached hydrogen (secondary N) is 1. The maximum Gasteiger partial charge on any atom is 0.261 e. The summed E-state index contributed by atoms with van der Waals surface area (Å²) in [5.41, 5.74) is 1.16. The van der Waals surface area contributed by atoms with E-state index < -0.39 is 10.0 Å². The molecule has 2 aromatic carbocycles. The van der Waals surface area contributed by atoms with Crippen molar-refractivity contribution in [2.45, 2.75) is 17.7 Å². The summed E-state index contributed by atoms with van der Waals surface area (Å²) in [5, 5.41) is 0. The van der Waals surface area contributed by atoms with Gasteiger partial charge in [-0.05, 0) is 55.0 Å². The Kier molecular flexibility index (Phi) is 5.27. The number of amides is 1. The van der Waals surface area contributed by atoms with Crippen molar-refractivity contribution in [3.05, 3.63) is 61.2 Å². The molecule has 0 spiro atoms. The zero-order valence-corrected chi connectivity index (χ0v) is 15.0. The van der Waals surface area contributed by atoms with Gasteiger partial charge in [0.15, 0.2) is 0 Å². The van der Waals surface area contributed by atoms with E-state index in [0.29, 0.717) is 31.0 Å². The van der Waals surface area contributed by atoms with Crippen LogP contribution in [0.25, 0.3) is 0 Å². The quantitative estimate of drug-likeness (QED) is 0.758. The zero-order valence-electron chi connectivity index (χ0n) is 14.2. The van der Waals surface area contributed by atoms with Crippen molar-refractivity contribution in [3.63, 3.8) is 0 Å². The molecular formula is C19H20N2O4S. The average molecular weight is 372 g/mol. The Morgan fingerprint density at radius 2 is 1.81 bits per heavy atom. The van der Waals surface area contributed by atoms with Crippen LogP contribution in [0.3, 0.4) is 0 Å². The molecule has 1 amide bonds. The second kappa shape index (κ2) is 7.61. The number of hydrogen-bond acceptors (Lipinski definition) is 4. The van der Waals surface area contributed by atoms with Gasteiger partial charge in [0.05, 0.1) is 4.90 Å².